The van der Waals surface area contributed by atoms with Crippen LogP contribution in [0.25, 0.3) is 10.8 Å². The van der Waals surface area contributed by atoms with Gasteiger partial charge in [-0.2, -0.15) is 10.2 Å². The van der Waals surface area contributed by atoms with Gasteiger partial charge in [-0.1, -0.05) is 54.1 Å². The molecular weight excluding hydrogens is 518 g/mol. The minimum atomic E-state index is -0.323. The molecule has 0 aliphatic rings. The number of aromatic nitrogens is 4. The molecule has 34 heavy (non-hydrogen) atoms. The van der Waals surface area contributed by atoms with Crippen molar-refractivity contribution in [3.8, 4) is 5.75 Å². The summed E-state index contributed by atoms with van der Waals surface area (Å²) >= 11 is 9.36. The molecule has 0 spiro atoms. The second kappa shape index (κ2) is 9.70. The van der Waals surface area contributed by atoms with Gasteiger partial charge in [0.1, 0.15) is 5.75 Å². The number of rotatable bonds is 7. The third-order valence-electron chi connectivity index (χ3n) is 5.22. The molecule has 7 nitrogen and oxygen atoms in total. The van der Waals surface area contributed by atoms with Crippen molar-refractivity contribution in [2.24, 2.45) is 0 Å². The van der Waals surface area contributed by atoms with Crippen molar-refractivity contribution >= 4 is 49.9 Å². The van der Waals surface area contributed by atoms with Crippen LogP contribution in [0, 0.1) is 0 Å². The van der Waals surface area contributed by atoms with Crippen LogP contribution in [0.1, 0.15) is 16.1 Å². The molecule has 1 amide bonds. The van der Waals surface area contributed by atoms with E-state index in [0.29, 0.717) is 23.0 Å². The first-order valence-electron chi connectivity index (χ1n) is 10.5. The second-order valence-electron chi connectivity index (χ2n) is 7.61. The topological polar surface area (TPSA) is 74.0 Å². The summed E-state index contributed by atoms with van der Waals surface area (Å²) in [5, 5.41) is 14.5. The third-order valence-corrected chi connectivity index (χ3v) is 6.08. The van der Waals surface area contributed by atoms with Gasteiger partial charge < -0.3 is 10.1 Å². The van der Waals surface area contributed by atoms with Gasteiger partial charge in [0.25, 0.3) is 5.91 Å². The summed E-state index contributed by atoms with van der Waals surface area (Å²) in [6.07, 6.45) is 5.11. The van der Waals surface area contributed by atoms with Crippen LogP contribution >= 0.6 is 27.5 Å². The zero-order valence-corrected chi connectivity index (χ0v) is 20.2. The van der Waals surface area contributed by atoms with E-state index in [-0.39, 0.29) is 18.3 Å². The van der Waals surface area contributed by atoms with Crippen LogP contribution in [0.15, 0.2) is 89.8 Å². The number of ether oxygens (including phenoxy) is 1. The summed E-state index contributed by atoms with van der Waals surface area (Å²) in [6.45, 7) is 0.750. The Morgan fingerprint density at radius 1 is 1.06 bits per heavy atom. The van der Waals surface area contributed by atoms with Gasteiger partial charge in [0, 0.05) is 17.4 Å². The number of benzene rings is 3. The van der Waals surface area contributed by atoms with E-state index in [2.05, 4.69) is 55.7 Å². The summed E-state index contributed by atoms with van der Waals surface area (Å²) in [4.78, 5) is 12.6. The molecule has 2 heterocycles. The average Bonchev–Trinajstić information content (AvgIpc) is 3.48. The average molecular weight is 537 g/mol. The Morgan fingerprint density at radius 3 is 2.79 bits per heavy atom. The lowest BCUT2D eigenvalue weighted by Gasteiger charge is -2.08. The number of hydrogen-bond donors (Lipinski definition) is 1. The molecule has 0 fully saturated rings. The van der Waals surface area contributed by atoms with Crippen molar-refractivity contribution < 1.29 is 9.53 Å². The van der Waals surface area contributed by atoms with Gasteiger partial charge in [-0.15, -0.1) is 0 Å². The zero-order chi connectivity index (χ0) is 23.5. The van der Waals surface area contributed by atoms with Crippen LogP contribution in [0.5, 0.6) is 5.75 Å². The van der Waals surface area contributed by atoms with E-state index in [4.69, 9.17) is 16.3 Å². The van der Waals surface area contributed by atoms with Gasteiger partial charge in [-0.05, 0) is 56.5 Å². The molecule has 0 atom stereocenters. The second-order valence-corrected chi connectivity index (χ2v) is 8.90. The third kappa shape index (κ3) is 4.98. The number of carbonyl (C=O) groups excluding carboxylic acids is 1. The largest absolute Gasteiger partial charge is 0.470 e. The van der Waals surface area contributed by atoms with Gasteiger partial charge in [-0.25, -0.2) is 4.68 Å². The number of halogens is 2. The monoisotopic (exact) mass is 535 g/mol. The highest BCUT2D eigenvalue weighted by atomic mass is 79.9. The highest BCUT2D eigenvalue weighted by Crippen LogP contribution is 2.28. The lowest BCUT2D eigenvalue weighted by atomic mass is 10.0. The van der Waals surface area contributed by atoms with Crippen molar-refractivity contribution in [3.63, 3.8) is 0 Å². The maximum absolute atomic E-state index is 12.6. The van der Waals surface area contributed by atoms with Gasteiger partial charge >= 0.3 is 0 Å². The lowest BCUT2D eigenvalue weighted by molar-refractivity contribution is 0.102. The van der Waals surface area contributed by atoms with E-state index in [1.807, 2.05) is 18.2 Å². The zero-order valence-electron chi connectivity index (χ0n) is 17.9. The number of carbonyl (C=O) groups is 1. The van der Waals surface area contributed by atoms with E-state index < -0.39 is 0 Å². The molecule has 0 saturated carbocycles. The summed E-state index contributed by atoms with van der Waals surface area (Å²) in [5.74, 6) is 0.306. The van der Waals surface area contributed by atoms with E-state index in [9.17, 15) is 4.79 Å². The predicted molar refractivity (Wildman–Crippen MR) is 135 cm³/mol. The Kier molecular flexibility index (Phi) is 6.33. The molecule has 170 valence electrons. The summed E-state index contributed by atoms with van der Waals surface area (Å²) in [6, 6.07) is 21.3. The van der Waals surface area contributed by atoms with Crippen molar-refractivity contribution in [1.29, 1.82) is 0 Å². The van der Waals surface area contributed by atoms with Crippen LogP contribution in [-0.4, -0.2) is 25.5 Å². The summed E-state index contributed by atoms with van der Waals surface area (Å²) in [7, 11) is 0. The van der Waals surface area contributed by atoms with Crippen LogP contribution < -0.4 is 10.1 Å². The molecular formula is C25H19BrClN5O2. The molecule has 0 radical (unpaired) electrons. The number of nitrogens with one attached hydrogen (secondary N) is 1. The Labute approximate surface area is 209 Å². The molecule has 5 aromatic rings. The number of fused-ring (bicyclic) bond motifs is 1. The molecule has 1 N–H and O–H groups in total. The lowest BCUT2D eigenvalue weighted by Crippen LogP contribution is -2.14. The van der Waals surface area contributed by atoms with Crippen LogP contribution in [0.4, 0.5) is 5.69 Å². The smallest absolute Gasteiger partial charge is 0.276 e. The van der Waals surface area contributed by atoms with Gasteiger partial charge in [0.15, 0.2) is 12.4 Å². The molecule has 0 aliphatic heterocycles. The minimum absolute atomic E-state index is 0.149. The molecule has 0 saturated heterocycles. The first-order valence-corrected chi connectivity index (χ1v) is 11.6. The highest BCUT2D eigenvalue weighted by Gasteiger charge is 2.12. The Morgan fingerprint density at radius 2 is 1.91 bits per heavy atom. The number of amides is 1. The van der Waals surface area contributed by atoms with Crippen molar-refractivity contribution in [3.05, 3.63) is 106 Å². The molecule has 0 aliphatic carbocycles. The fraction of sp³-hybridized carbons (Fsp3) is 0.0800. The maximum atomic E-state index is 12.6. The van der Waals surface area contributed by atoms with Gasteiger partial charge in [0.05, 0.1) is 22.9 Å². The number of nitrogens with zero attached hydrogens (tertiary/aromatic N) is 4. The summed E-state index contributed by atoms with van der Waals surface area (Å²) < 4.78 is 9.81. The SMILES string of the molecule is O=C(Nc1cnn(Cc2cccc3ccccc23)c1)c1ccn(COc2ccc(Cl)cc2Br)n1. The molecule has 9 heteroatoms. The van der Waals surface area contributed by atoms with Crippen LogP contribution in [0.2, 0.25) is 5.02 Å². The van der Waals surface area contributed by atoms with E-state index >= 15 is 0 Å². The molecule has 0 bridgehead atoms. The maximum Gasteiger partial charge on any atom is 0.276 e. The van der Waals surface area contributed by atoms with Gasteiger partial charge in [-0.3, -0.25) is 9.48 Å². The number of anilines is 1. The molecule has 3 aromatic carbocycles. The standard InChI is InChI=1S/C25H19BrClN5O2/c26-22-12-19(27)8-9-24(22)34-16-31-11-10-23(30-31)25(33)29-20-13-28-32(15-20)14-18-6-3-5-17-4-1-2-7-21(17)18/h1-13,15H,14,16H2,(H,29,33). The first-order chi connectivity index (χ1) is 16.5. The fourth-order valence-electron chi connectivity index (χ4n) is 3.60. The summed E-state index contributed by atoms with van der Waals surface area (Å²) in [5.41, 5.74) is 2.03. The molecule has 0 unspecified atom stereocenters. The van der Waals surface area contributed by atoms with Crippen molar-refractivity contribution in [2.75, 3.05) is 5.32 Å². The molecule has 5 rings (SSSR count). The van der Waals surface area contributed by atoms with E-state index in [1.54, 1.807) is 52.2 Å². The number of hydrogen-bond acceptors (Lipinski definition) is 4. The Hall–Kier alpha value is -3.62. The van der Waals surface area contributed by atoms with Crippen molar-refractivity contribution in [2.45, 2.75) is 13.3 Å². The Balaban J connectivity index is 1.21. The highest BCUT2D eigenvalue weighted by molar-refractivity contribution is 9.10. The fourth-order valence-corrected chi connectivity index (χ4v) is 4.39. The minimum Gasteiger partial charge on any atom is -0.470 e. The molecule has 2 aromatic heterocycles. The van der Waals surface area contributed by atoms with Crippen molar-refractivity contribution in [1.82, 2.24) is 19.6 Å². The Bertz CT molecular complexity index is 1470. The first kappa shape index (κ1) is 22.2. The van der Waals surface area contributed by atoms with E-state index in [1.165, 1.54) is 10.8 Å². The van der Waals surface area contributed by atoms with Crippen LogP contribution in [-0.2, 0) is 13.3 Å². The normalized spacial score (nSPS) is 11.0. The predicted octanol–water partition coefficient (Wildman–Crippen LogP) is 5.99. The quantitative estimate of drug-likeness (QED) is 0.277. The van der Waals surface area contributed by atoms with Gasteiger partial charge in [0.2, 0.25) is 0 Å². The van der Waals surface area contributed by atoms with E-state index in [0.717, 1.165) is 10.0 Å². The van der Waals surface area contributed by atoms with Crippen LogP contribution in [0.3, 0.4) is 0 Å².